The average molecular weight is 433 g/mol. The highest BCUT2D eigenvalue weighted by Gasteiger charge is 2.20. The Hall–Kier alpha value is -2.18. The van der Waals surface area contributed by atoms with Gasteiger partial charge in [0, 0.05) is 31.3 Å². The predicted molar refractivity (Wildman–Crippen MR) is 118 cm³/mol. The highest BCUT2D eigenvalue weighted by molar-refractivity contribution is 6.33. The number of hydrogen-bond donors (Lipinski definition) is 2. The van der Waals surface area contributed by atoms with Gasteiger partial charge < -0.3 is 15.2 Å². The molecule has 0 bridgehead atoms. The maximum atomic E-state index is 14.8. The average Bonchev–Trinajstić information content (AvgIpc) is 3.04. The Labute approximate surface area is 180 Å². The molecule has 0 radical (unpaired) electrons. The van der Waals surface area contributed by atoms with Crippen LogP contribution in [0.3, 0.4) is 0 Å². The van der Waals surface area contributed by atoms with Gasteiger partial charge in [-0.1, -0.05) is 31.0 Å². The standard InChI is InChI=1S/C23H27ClF2N4/c1-3-14-7-9-16(10-8-14)27-13-15-11-20-21(12-19(15)26)30(2)23(28-20)29-22-17(24)5-4-6-18(22)25/h4-6,11-12,14,16,27H,3,7-10,13H2,1-2H3,(H,28,29). The molecular formula is C23H27ClF2N4. The zero-order valence-corrected chi connectivity index (χ0v) is 18.1. The summed E-state index contributed by atoms with van der Waals surface area (Å²) < 4.78 is 30.6. The van der Waals surface area contributed by atoms with E-state index in [0.29, 0.717) is 35.1 Å². The minimum atomic E-state index is -0.469. The van der Waals surface area contributed by atoms with Gasteiger partial charge in [-0.15, -0.1) is 0 Å². The lowest BCUT2D eigenvalue weighted by molar-refractivity contribution is 0.284. The van der Waals surface area contributed by atoms with Crippen LogP contribution in [-0.2, 0) is 13.6 Å². The van der Waals surface area contributed by atoms with Gasteiger partial charge in [0.15, 0.2) is 0 Å². The monoisotopic (exact) mass is 432 g/mol. The number of benzene rings is 2. The van der Waals surface area contributed by atoms with Crippen molar-refractivity contribution in [3.8, 4) is 0 Å². The zero-order chi connectivity index (χ0) is 21.3. The van der Waals surface area contributed by atoms with Crippen LogP contribution in [0.1, 0.15) is 44.6 Å². The van der Waals surface area contributed by atoms with Crippen molar-refractivity contribution in [3.05, 3.63) is 52.6 Å². The van der Waals surface area contributed by atoms with E-state index in [1.54, 1.807) is 29.8 Å². The molecule has 4 rings (SSSR count). The van der Waals surface area contributed by atoms with Crippen LogP contribution in [0.5, 0.6) is 0 Å². The number of aromatic nitrogens is 2. The highest BCUT2D eigenvalue weighted by Crippen LogP contribution is 2.30. The van der Waals surface area contributed by atoms with E-state index in [9.17, 15) is 8.78 Å². The summed E-state index contributed by atoms with van der Waals surface area (Å²) in [7, 11) is 1.76. The SMILES string of the molecule is CCC1CCC(NCc2cc3nc(Nc4c(F)cccc4Cl)n(C)c3cc2F)CC1. The molecular weight excluding hydrogens is 406 g/mol. The van der Waals surface area contributed by atoms with Crippen molar-refractivity contribution in [3.63, 3.8) is 0 Å². The molecule has 1 saturated carbocycles. The molecule has 2 N–H and O–H groups in total. The van der Waals surface area contributed by atoms with Crippen molar-refractivity contribution in [2.75, 3.05) is 5.32 Å². The topological polar surface area (TPSA) is 41.9 Å². The summed E-state index contributed by atoms with van der Waals surface area (Å²) in [4.78, 5) is 4.54. The molecule has 3 aromatic rings. The van der Waals surface area contributed by atoms with Gasteiger partial charge in [0.1, 0.15) is 11.6 Å². The van der Waals surface area contributed by atoms with Crippen molar-refractivity contribution in [2.45, 2.75) is 51.6 Å². The molecule has 1 heterocycles. The van der Waals surface area contributed by atoms with Crippen LogP contribution in [0.15, 0.2) is 30.3 Å². The Kier molecular flexibility index (Phi) is 6.25. The third kappa shape index (κ3) is 4.30. The predicted octanol–water partition coefficient (Wildman–Crippen LogP) is 6.31. The number of imidazole rings is 1. The van der Waals surface area contributed by atoms with E-state index >= 15 is 0 Å². The molecule has 1 fully saturated rings. The second kappa shape index (κ2) is 8.90. The number of rotatable bonds is 6. The van der Waals surface area contributed by atoms with Crippen molar-refractivity contribution in [1.82, 2.24) is 14.9 Å². The molecule has 4 nitrogen and oxygen atoms in total. The zero-order valence-electron chi connectivity index (χ0n) is 17.3. The Morgan fingerprint density at radius 1 is 1.13 bits per heavy atom. The molecule has 0 amide bonds. The summed E-state index contributed by atoms with van der Waals surface area (Å²) in [5, 5.41) is 6.70. The second-order valence-electron chi connectivity index (χ2n) is 8.16. The Balaban J connectivity index is 1.52. The summed E-state index contributed by atoms with van der Waals surface area (Å²) >= 11 is 6.11. The number of nitrogens with zero attached hydrogens (tertiary/aromatic N) is 2. The number of hydrogen-bond acceptors (Lipinski definition) is 3. The first kappa shape index (κ1) is 21.1. The Morgan fingerprint density at radius 3 is 2.60 bits per heavy atom. The quantitative estimate of drug-likeness (QED) is 0.479. The van der Waals surface area contributed by atoms with E-state index in [-0.39, 0.29) is 16.5 Å². The third-order valence-corrected chi connectivity index (χ3v) is 6.57. The maximum absolute atomic E-state index is 14.8. The molecule has 2 aromatic carbocycles. The lowest BCUT2D eigenvalue weighted by Crippen LogP contribution is -2.32. The summed E-state index contributed by atoms with van der Waals surface area (Å²) in [6.07, 6.45) is 6.01. The van der Waals surface area contributed by atoms with Crippen LogP contribution in [0, 0.1) is 17.6 Å². The minimum Gasteiger partial charge on any atom is -0.322 e. The third-order valence-electron chi connectivity index (χ3n) is 6.25. The van der Waals surface area contributed by atoms with Crippen molar-refractivity contribution < 1.29 is 8.78 Å². The van der Waals surface area contributed by atoms with Crippen LogP contribution in [0.4, 0.5) is 20.4 Å². The van der Waals surface area contributed by atoms with Gasteiger partial charge in [-0.3, -0.25) is 0 Å². The Bertz CT molecular complexity index is 1020. The van der Waals surface area contributed by atoms with E-state index in [2.05, 4.69) is 22.5 Å². The number of anilines is 2. The van der Waals surface area contributed by atoms with Gasteiger partial charge in [0.05, 0.1) is 21.7 Å². The van der Waals surface area contributed by atoms with Gasteiger partial charge in [-0.25, -0.2) is 13.8 Å². The molecule has 30 heavy (non-hydrogen) atoms. The second-order valence-corrected chi connectivity index (χ2v) is 8.56. The van der Waals surface area contributed by atoms with Crippen molar-refractivity contribution >= 4 is 34.3 Å². The summed E-state index contributed by atoms with van der Waals surface area (Å²) in [5.74, 6) is 0.497. The van der Waals surface area contributed by atoms with E-state index in [1.165, 1.54) is 31.4 Å². The molecule has 0 unspecified atom stereocenters. The molecule has 160 valence electrons. The first-order chi connectivity index (χ1) is 14.5. The van der Waals surface area contributed by atoms with E-state index < -0.39 is 5.82 Å². The normalized spacial score (nSPS) is 19.4. The molecule has 0 aliphatic heterocycles. The first-order valence-electron chi connectivity index (χ1n) is 10.6. The van der Waals surface area contributed by atoms with Gasteiger partial charge in [0.2, 0.25) is 5.95 Å². The van der Waals surface area contributed by atoms with Crippen molar-refractivity contribution in [2.24, 2.45) is 13.0 Å². The van der Waals surface area contributed by atoms with E-state index in [0.717, 1.165) is 18.8 Å². The smallest absolute Gasteiger partial charge is 0.208 e. The first-order valence-corrected chi connectivity index (χ1v) is 10.9. The summed E-state index contributed by atoms with van der Waals surface area (Å²) in [5.41, 5.74) is 2.03. The molecule has 7 heteroatoms. The lowest BCUT2D eigenvalue weighted by atomic mass is 9.84. The van der Waals surface area contributed by atoms with Crippen LogP contribution < -0.4 is 10.6 Å². The molecule has 1 aliphatic carbocycles. The molecule has 1 aliphatic rings. The largest absolute Gasteiger partial charge is 0.322 e. The van der Waals surface area contributed by atoms with Gasteiger partial charge in [-0.05, 0) is 49.8 Å². The minimum absolute atomic E-state index is 0.155. The molecule has 0 atom stereocenters. The summed E-state index contributed by atoms with van der Waals surface area (Å²) in [6.45, 7) is 2.72. The fourth-order valence-corrected chi connectivity index (χ4v) is 4.47. The van der Waals surface area contributed by atoms with Crippen LogP contribution >= 0.6 is 11.6 Å². The fraction of sp³-hybridized carbons (Fsp3) is 0.435. The van der Waals surface area contributed by atoms with E-state index in [4.69, 9.17) is 11.6 Å². The lowest BCUT2D eigenvalue weighted by Gasteiger charge is -2.28. The fourth-order valence-electron chi connectivity index (χ4n) is 4.26. The van der Waals surface area contributed by atoms with Crippen molar-refractivity contribution in [1.29, 1.82) is 0 Å². The highest BCUT2D eigenvalue weighted by atomic mass is 35.5. The molecule has 1 aromatic heterocycles. The number of para-hydroxylation sites is 1. The number of nitrogens with one attached hydrogen (secondary N) is 2. The van der Waals surface area contributed by atoms with Gasteiger partial charge in [-0.2, -0.15) is 0 Å². The number of aryl methyl sites for hydroxylation is 1. The number of fused-ring (bicyclic) bond motifs is 1. The molecule has 0 spiro atoms. The van der Waals surface area contributed by atoms with Crippen LogP contribution in [-0.4, -0.2) is 15.6 Å². The number of halogens is 3. The van der Waals surface area contributed by atoms with E-state index in [1.807, 2.05) is 0 Å². The van der Waals surface area contributed by atoms with Crippen LogP contribution in [0.2, 0.25) is 5.02 Å². The van der Waals surface area contributed by atoms with Crippen LogP contribution in [0.25, 0.3) is 11.0 Å². The maximum Gasteiger partial charge on any atom is 0.208 e. The van der Waals surface area contributed by atoms with Gasteiger partial charge in [0.25, 0.3) is 0 Å². The summed E-state index contributed by atoms with van der Waals surface area (Å²) in [6, 6.07) is 8.17. The Morgan fingerprint density at radius 2 is 1.90 bits per heavy atom. The molecule has 0 saturated heterocycles. The van der Waals surface area contributed by atoms with Gasteiger partial charge >= 0.3 is 0 Å².